The van der Waals surface area contributed by atoms with Gasteiger partial charge in [0.25, 0.3) is 0 Å². The molecule has 7 heteroatoms. The Morgan fingerprint density at radius 3 is 2.79 bits per heavy atom. The number of nitriles is 1. The number of aromatic nitrogens is 3. The van der Waals surface area contributed by atoms with E-state index in [1.807, 2.05) is 6.07 Å². The van der Waals surface area contributed by atoms with Gasteiger partial charge in [-0.2, -0.15) is 5.26 Å². The van der Waals surface area contributed by atoms with E-state index in [-0.39, 0.29) is 11.5 Å². The molecule has 0 spiro atoms. The number of halogens is 2. The van der Waals surface area contributed by atoms with Crippen LogP contribution < -0.4 is 0 Å². The third kappa shape index (κ3) is 2.41. The monoisotopic (exact) mass is 338 g/mol. The van der Waals surface area contributed by atoms with Gasteiger partial charge in [0.2, 0.25) is 0 Å². The summed E-state index contributed by atoms with van der Waals surface area (Å²) in [6, 6.07) is 13.3. The zero-order valence-corrected chi connectivity index (χ0v) is 12.8. The third-order valence-electron chi connectivity index (χ3n) is 3.59. The summed E-state index contributed by atoms with van der Waals surface area (Å²) in [5.74, 6) is 0.212. The van der Waals surface area contributed by atoms with Gasteiger partial charge in [0, 0.05) is 21.5 Å². The molecule has 0 amide bonds. The summed E-state index contributed by atoms with van der Waals surface area (Å²) in [6.07, 6.45) is 0. The number of hydrogen-bond acceptors (Lipinski definition) is 4. The molecule has 4 rings (SSSR count). The molecule has 0 saturated heterocycles. The van der Waals surface area contributed by atoms with Gasteiger partial charge < -0.3 is 4.42 Å². The number of hydrogen-bond donors (Lipinski definition) is 1. The Morgan fingerprint density at radius 1 is 1.12 bits per heavy atom. The van der Waals surface area contributed by atoms with Crippen molar-refractivity contribution in [3.05, 3.63) is 59.0 Å². The Labute approximate surface area is 140 Å². The summed E-state index contributed by atoms with van der Waals surface area (Å²) in [7, 11) is 0. The van der Waals surface area contributed by atoms with Crippen LogP contribution in [0.4, 0.5) is 4.39 Å². The number of nitrogens with one attached hydrogen (secondary N) is 1. The van der Waals surface area contributed by atoms with Crippen molar-refractivity contribution < 1.29 is 8.81 Å². The molecule has 0 aliphatic heterocycles. The lowest BCUT2D eigenvalue weighted by Crippen LogP contribution is -1.85. The molecule has 0 bridgehead atoms. The van der Waals surface area contributed by atoms with Crippen molar-refractivity contribution in [3.8, 4) is 28.7 Å². The minimum atomic E-state index is -0.331. The lowest BCUT2D eigenvalue weighted by Gasteiger charge is -2.03. The largest absolute Gasteiger partial charge is 0.456 e. The summed E-state index contributed by atoms with van der Waals surface area (Å²) >= 11 is 6.19. The van der Waals surface area contributed by atoms with E-state index < -0.39 is 0 Å². The molecule has 24 heavy (non-hydrogen) atoms. The van der Waals surface area contributed by atoms with E-state index in [1.54, 1.807) is 30.3 Å². The second-order valence-electron chi connectivity index (χ2n) is 5.17. The van der Waals surface area contributed by atoms with Crippen molar-refractivity contribution in [2.24, 2.45) is 0 Å². The fraction of sp³-hybridized carbons (Fsp3) is 0. The second kappa shape index (κ2) is 5.48. The fourth-order valence-electron chi connectivity index (χ4n) is 2.53. The van der Waals surface area contributed by atoms with Gasteiger partial charge in [-0.25, -0.2) is 9.49 Å². The highest BCUT2D eigenvalue weighted by molar-refractivity contribution is 6.31. The Hall–Kier alpha value is -3.17. The summed E-state index contributed by atoms with van der Waals surface area (Å²) in [4.78, 5) is 0. The maximum Gasteiger partial charge on any atom is 0.163 e. The van der Waals surface area contributed by atoms with Crippen molar-refractivity contribution in [1.82, 2.24) is 15.4 Å². The Balaban J connectivity index is 1.87. The summed E-state index contributed by atoms with van der Waals surface area (Å²) in [5, 5.41) is 20.3. The van der Waals surface area contributed by atoms with Crippen LogP contribution in [0, 0.1) is 17.1 Å². The van der Waals surface area contributed by atoms with Crippen molar-refractivity contribution in [1.29, 1.82) is 5.26 Å². The molecule has 116 valence electrons. The standard InChI is InChI=1S/C17H8ClFN4O/c18-12-4-9(3-11(5-12)17-14(8-20)21-23-22-17)16-7-10-6-13(19)1-2-15(10)24-16/h1-7H,(H,21,22,23). The first-order valence-electron chi connectivity index (χ1n) is 6.95. The zero-order valence-electron chi connectivity index (χ0n) is 12.0. The molecule has 4 aromatic rings. The van der Waals surface area contributed by atoms with E-state index >= 15 is 0 Å². The number of aromatic amines is 1. The van der Waals surface area contributed by atoms with Crippen LogP contribution in [0.5, 0.6) is 0 Å². The predicted octanol–water partition coefficient (Wildman–Crippen LogP) is 4.55. The highest BCUT2D eigenvalue weighted by Crippen LogP contribution is 2.33. The van der Waals surface area contributed by atoms with Gasteiger partial charge in [0.1, 0.15) is 28.9 Å². The number of furan rings is 1. The first kappa shape index (κ1) is 14.4. The van der Waals surface area contributed by atoms with Crippen LogP contribution in [0.25, 0.3) is 33.6 Å². The zero-order chi connectivity index (χ0) is 16.7. The molecule has 2 aromatic heterocycles. The molecule has 5 nitrogen and oxygen atoms in total. The minimum Gasteiger partial charge on any atom is -0.456 e. The van der Waals surface area contributed by atoms with Gasteiger partial charge in [-0.1, -0.05) is 16.8 Å². The second-order valence-corrected chi connectivity index (χ2v) is 5.61. The van der Waals surface area contributed by atoms with E-state index in [1.165, 1.54) is 12.1 Å². The van der Waals surface area contributed by atoms with E-state index in [9.17, 15) is 4.39 Å². The molecule has 0 saturated carbocycles. The van der Waals surface area contributed by atoms with E-state index in [2.05, 4.69) is 15.4 Å². The van der Waals surface area contributed by atoms with Crippen LogP contribution in [0.2, 0.25) is 5.02 Å². The molecule has 1 N–H and O–H groups in total. The van der Waals surface area contributed by atoms with Crippen LogP contribution in [0.3, 0.4) is 0 Å². The van der Waals surface area contributed by atoms with E-state index in [0.717, 1.165) is 0 Å². The summed E-state index contributed by atoms with van der Waals surface area (Å²) < 4.78 is 19.1. The first-order valence-corrected chi connectivity index (χ1v) is 7.33. The normalized spacial score (nSPS) is 10.9. The van der Waals surface area contributed by atoms with Crippen molar-refractivity contribution in [3.63, 3.8) is 0 Å². The van der Waals surface area contributed by atoms with Gasteiger partial charge in [-0.3, -0.25) is 0 Å². The molecular formula is C17H8ClFN4O. The Bertz CT molecular complexity index is 1110. The minimum absolute atomic E-state index is 0.245. The number of H-pyrrole nitrogens is 1. The quantitative estimate of drug-likeness (QED) is 0.581. The molecular weight excluding hydrogens is 331 g/mol. The molecule has 0 unspecified atom stereocenters. The van der Waals surface area contributed by atoms with Crippen LogP contribution >= 0.6 is 11.6 Å². The molecule has 2 aromatic carbocycles. The van der Waals surface area contributed by atoms with E-state index in [4.69, 9.17) is 21.3 Å². The first-order chi connectivity index (χ1) is 11.6. The number of benzene rings is 2. The average Bonchev–Trinajstić information content (AvgIpc) is 3.20. The molecule has 0 atom stereocenters. The lowest BCUT2D eigenvalue weighted by atomic mass is 10.1. The maximum atomic E-state index is 13.3. The predicted molar refractivity (Wildman–Crippen MR) is 86.7 cm³/mol. The van der Waals surface area contributed by atoms with Crippen LogP contribution in [0.1, 0.15) is 5.69 Å². The van der Waals surface area contributed by atoms with Gasteiger partial charge in [-0.15, -0.1) is 5.10 Å². The van der Waals surface area contributed by atoms with Crippen molar-refractivity contribution in [2.45, 2.75) is 0 Å². The molecule has 0 fully saturated rings. The van der Waals surface area contributed by atoms with Crippen molar-refractivity contribution in [2.75, 3.05) is 0 Å². The fourth-order valence-corrected chi connectivity index (χ4v) is 2.77. The number of fused-ring (bicyclic) bond motifs is 1. The highest BCUT2D eigenvalue weighted by Gasteiger charge is 2.14. The van der Waals surface area contributed by atoms with Gasteiger partial charge >= 0.3 is 0 Å². The average molecular weight is 339 g/mol. The molecule has 0 aliphatic carbocycles. The van der Waals surface area contributed by atoms with Gasteiger partial charge in [0.15, 0.2) is 5.69 Å². The third-order valence-corrected chi connectivity index (χ3v) is 3.81. The van der Waals surface area contributed by atoms with Gasteiger partial charge in [0.05, 0.1) is 0 Å². The Kier molecular flexibility index (Phi) is 3.29. The molecule has 2 heterocycles. The van der Waals surface area contributed by atoms with E-state index in [0.29, 0.717) is 38.6 Å². The SMILES string of the molecule is N#Cc1[nH]nnc1-c1cc(Cl)cc(-c2cc3cc(F)ccc3o2)c1. The van der Waals surface area contributed by atoms with Gasteiger partial charge in [-0.05, 0) is 42.5 Å². The number of nitrogens with zero attached hydrogens (tertiary/aromatic N) is 3. The molecule has 0 radical (unpaired) electrons. The van der Waals surface area contributed by atoms with Crippen LogP contribution in [-0.4, -0.2) is 15.4 Å². The summed E-state index contributed by atoms with van der Waals surface area (Å²) in [5.41, 5.74) is 2.56. The summed E-state index contributed by atoms with van der Waals surface area (Å²) in [6.45, 7) is 0. The lowest BCUT2D eigenvalue weighted by molar-refractivity contribution is 0.619. The van der Waals surface area contributed by atoms with Crippen molar-refractivity contribution >= 4 is 22.6 Å². The van der Waals surface area contributed by atoms with Crippen LogP contribution in [0.15, 0.2) is 46.9 Å². The molecule has 0 aliphatic rings. The highest BCUT2D eigenvalue weighted by atomic mass is 35.5. The Morgan fingerprint density at radius 2 is 1.96 bits per heavy atom. The maximum absolute atomic E-state index is 13.3. The van der Waals surface area contributed by atoms with Crippen LogP contribution in [-0.2, 0) is 0 Å². The topological polar surface area (TPSA) is 78.5 Å². The smallest absolute Gasteiger partial charge is 0.163 e. The number of rotatable bonds is 2.